The van der Waals surface area contributed by atoms with E-state index < -0.39 is 11.4 Å². The zero-order valence-corrected chi connectivity index (χ0v) is 11.6. The van der Waals surface area contributed by atoms with Crippen molar-refractivity contribution < 1.29 is 19.1 Å². The summed E-state index contributed by atoms with van der Waals surface area (Å²) in [6.45, 7) is 0.235. The molecule has 0 spiro atoms. The van der Waals surface area contributed by atoms with Crippen LogP contribution in [0, 0.1) is 5.41 Å². The van der Waals surface area contributed by atoms with Crippen molar-refractivity contribution in [2.24, 2.45) is 5.41 Å². The molecule has 0 aromatic carbocycles. The van der Waals surface area contributed by atoms with Gasteiger partial charge in [0.1, 0.15) is 5.76 Å². The maximum Gasteiger partial charge on any atom is 0.311 e. The van der Waals surface area contributed by atoms with Crippen LogP contribution in [-0.2, 0) is 16.0 Å². The number of carbonyl (C=O) groups excluding carboxylic acids is 1. The van der Waals surface area contributed by atoms with Crippen LogP contribution in [0.25, 0.3) is 0 Å². The van der Waals surface area contributed by atoms with Crippen LogP contribution in [0.2, 0.25) is 0 Å². The van der Waals surface area contributed by atoms with Gasteiger partial charge in [-0.05, 0) is 25.0 Å². The lowest BCUT2D eigenvalue weighted by atomic mass is 9.74. The summed E-state index contributed by atoms with van der Waals surface area (Å²) in [5.41, 5.74) is -0.765. The summed E-state index contributed by atoms with van der Waals surface area (Å²) in [4.78, 5) is 23.3. The molecule has 0 atom stereocenters. The van der Waals surface area contributed by atoms with Gasteiger partial charge in [-0.1, -0.05) is 19.3 Å². The fourth-order valence-corrected chi connectivity index (χ4v) is 2.74. The lowest BCUT2D eigenvalue weighted by Gasteiger charge is -2.33. The number of carboxylic acids is 1. The molecule has 2 rings (SSSR count). The zero-order chi connectivity index (χ0) is 14.4. The summed E-state index contributed by atoms with van der Waals surface area (Å²) in [7, 11) is 0. The largest absolute Gasteiger partial charge is 0.481 e. The van der Waals surface area contributed by atoms with E-state index in [4.69, 9.17) is 4.42 Å². The van der Waals surface area contributed by atoms with Gasteiger partial charge >= 0.3 is 5.97 Å². The van der Waals surface area contributed by atoms with Gasteiger partial charge in [0.15, 0.2) is 0 Å². The van der Waals surface area contributed by atoms with E-state index in [0.717, 1.165) is 25.0 Å². The van der Waals surface area contributed by atoms with Crippen molar-refractivity contribution in [3.63, 3.8) is 0 Å². The molecule has 0 aliphatic heterocycles. The molecule has 1 aromatic heterocycles. The Morgan fingerprint density at radius 3 is 2.65 bits per heavy atom. The molecule has 5 nitrogen and oxygen atoms in total. The van der Waals surface area contributed by atoms with E-state index in [9.17, 15) is 14.7 Å². The molecule has 5 heteroatoms. The summed E-state index contributed by atoms with van der Waals surface area (Å²) >= 11 is 0. The van der Waals surface area contributed by atoms with Crippen molar-refractivity contribution in [2.45, 2.75) is 44.9 Å². The monoisotopic (exact) mass is 279 g/mol. The van der Waals surface area contributed by atoms with Crippen LogP contribution >= 0.6 is 0 Å². The fraction of sp³-hybridized carbons (Fsp3) is 0.600. The van der Waals surface area contributed by atoms with Gasteiger partial charge in [0.2, 0.25) is 5.91 Å². The van der Waals surface area contributed by atoms with Gasteiger partial charge in [-0.15, -0.1) is 0 Å². The van der Waals surface area contributed by atoms with Crippen molar-refractivity contribution in [3.8, 4) is 0 Å². The molecule has 1 aromatic rings. The molecular formula is C15H21NO4. The number of aryl methyl sites for hydroxylation is 1. The quantitative estimate of drug-likeness (QED) is 0.837. The van der Waals surface area contributed by atoms with E-state index in [-0.39, 0.29) is 12.5 Å². The topological polar surface area (TPSA) is 79.5 Å². The zero-order valence-electron chi connectivity index (χ0n) is 11.6. The highest BCUT2D eigenvalue weighted by Crippen LogP contribution is 2.36. The number of furan rings is 1. The molecule has 110 valence electrons. The van der Waals surface area contributed by atoms with Gasteiger partial charge in [-0.25, -0.2) is 0 Å². The number of carbonyl (C=O) groups is 2. The van der Waals surface area contributed by atoms with Crippen LogP contribution in [0.15, 0.2) is 22.8 Å². The SMILES string of the molecule is O=C(CCc1ccco1)NCC1(C(=O)O)CCCCC1. The second kappa shape index (κ2) is 6.59. The lowest BCUT2D eigenvalue weighted by Crippen LogP contribution is -2.44. The number of hydrogen-bond acceptors (Lipinski definition) is 3. The molecule has 1 saturated carbocycles. The van der Waals surface area contributed by atoms with E-state index in [1.165, 1.54) is 0 Å². The molecule has 1 heterocycles. The number of nitrogens with one attached hydrogen (secondary N) is 1. The highest BCUT2D eigenvalue weighted by Gasteiger charge is 2.39. The molecule has 1 fully saturated rings. The number of amides is 1. The first-order chi connectivity index (χ1) is 9.62. The third-order valence-corrected chi connectivity index (χ3v) is 4.07. The van der Waals surface area contributed by atoms with Gasteiger partial charge in [0.25, 0.3) is 0 Å². The predicted octanol–water partition coefficient (Wildman–Crippen LogP) is 2.36. The molecule has 0 unspecified atom stereocenters. The molecule has 20 heavy (non-hydrogen) atoms. The fourth-order valence-electron chi connectivity index (χ4n) is 2.74. The minimum absolute atomic E-state index is 0.118. The van der Waals surface area contributed by atoms with Gasteiger partial charge in [0.05, 0.1) is 11.7 Å². The lowest BCUT2D eigenvalue weighted by molar-refractivity contribution is -0.151. The summed E-state index contributed by atoms with van der Waals surface area (Å²) in [6, 6.07) is 3.61. The Hall–Kier alpha value is -1.78. The summed E-state index contributed by atoms with van der Waals surface area (Å²) in [5, 5.41) is 12.2. The molecule has 2 N–H and O–H groups in total. The van der Waals surface area contributed by atoms with Crippen molar-refractivity contribution >= 4 is 11.9 Å². The molecule has 1 aliphatic carbocycles. The minimum atomic E-state index is -0.788. The molecule has 0 radical (unpaired) electrons. The number of aliphatic carboxylic acids is 1. The normalized spacial score (nSPS) is 17.6. The average Bonchev–Trinajstić information content (AvgIpc) is 2.97. The summed E-state index contributed by atoms with van der Waals surface area (Å²) in [6.07, 6.45) is 6.68. The third-order valence-electron chi connectivity index (χ3n) is 4.07. The summed E-state index contributed by atoms with van der Waals surface area (Å²) < 4.78 is 5.16. The van der Waals surface area contributed by atoms with Crippen LogP contribution in [0.1, 0.15) is 44.3 Å². The maximum absolute atomic E-state index is 11.8. The Morgan fingerprint density at radius 1 is 1.30 bits per heavy atom. The highest BCUT2D eigenvalue weighted by molar-refractivity contribution is 5.79. The second-order valence-electron chi connectivity index (χ2n) is 5.50. The van der Waals surface area contributed by atoms with Crippen molar-refractivity contribution in [1.82, 2.24) is 5.32 Å². The minimum Gasteiger partial charge on any atom is -0.481 e. The van der Waals surface area contributed by atoms with E-state index >= 15 is 0 Å². The molecule has 1 amide bonds. The number of rotatable bonds is 6. The Morgan fingerprint density at radius 2 is 2.05 bits per heavy atom. The molecule has 0 bridgehead atoms. The Balaban J connectivity index is 1.80. The standard InChI is InChI=1S/C15H21NO4/c17-13(7-6-12-5-4-10-20-12)16-11-15(14(18)19)8-2-1-3-9-15/h4-5,10H,1-3,6-9,11H2,(H,16,17)(H,18,19). The highest BCUT2D eigenvalue weighted by atomic mass is 16.4. The smallest absolute Gasteiger partial charge is 0.311 e. The van der Waals surface area contributed by atoms with E-state index in [0.29, 0.717) is 25.7 Å². The predicted molar refractivity (Wildman–Crippen MR) is 73.2 cm³/mol. The maximum atomic E-state index is 11.8. The number of hydrogen-bond donors (Lipinski definition) is 2. The van der Waals surface area contributed by atoms with Crippen LogP contribution < -0.4 is 5.32 Å². The van der Waals surface area contributed by atoms with Crippen molar-refractivity contribution in [2.75, 3.05) is 6.54 Å². The summed E-state index contributed by atoms with van der Waals surface area (Å²) in [5.74, 6) is -0.137. The van der Waals surface area contributed by atoms with Crippen LogP contribution in [0.5, 0.6) is 0 Å². The van der Waals surface area contributed by atoms with Gasteiger partial charge in [-0.3, -0.25) is 9.59 Å². The van der Waals surface area contributed by atoms with E-state index in [1.54, 1.807) is 12.3 Å². The van der Waals surface area contributed by atoms with E-state index in [1.807, 2.05) is 6.07 Å². The average molecular weight is 279 g/mol. The van der Waals surface area contributed by atoms with Gasteiger partial charge < -0.3 is 14.8 Å². The first kappa shape index (κ1) is 14.6. The molecule has 0 saturated heterocycles. The molecule has 1 aliphatic rings. The van der Waals surface area contributed by atoms with Gasteiger partial charge in [-0.2, -0.15) is 0 Å². The second-order valence-corrected chi connectivity index (χ2v) is 5.50. The Bertz CT molecular complexity index is 446. The van der Waals surface area contributed by atoms with Gasteiger partial charge in [0, 0.05) is 19.4 Å². The van der Waals surface area contributed by atoms with Crippen molar-refractivity contribution in [3.05, 3.63) is 24.2 Å². The third kappa shape index (κ3) is 3.62. The first-order valence-electron chi connectivity index (χ1n) is 7.15. The Kier molecular flexibility index (Phi) is 4.82. The van der Waals surface area contributed by atoms with Crippen molar-refractivity contribution in [1.29, 1.82) is 0 Å². The number of carboxylic acid groups (broad SMARTS) is 1. The van der Waals surface area contributed by atoms with Crippen LogP contribution in [0.4, 0.5) is 0 Å². The Labute approximate surface area is 118 Å². The van der Waals surface area contributed by atoms with E-state index in [2.05, 4.69) is 5.32 Å². The molecular weight excluding hydrogens is 258 g/mol. The van der Waals surface area contributed by atoms with Crippen LogP contribution in [-0.4, -0.2) is 23.5 Å². The first-order valence-corrected chi connectivity index (χ1v) is 7.15. The van der Waals surface area contributed by atoms with Crippen LogP contribution in [0.3, 0.4) is 0 Å².